The number of halogens is 1. The molecule has 0 spiro atoms. The number of hydrogen-bond acceptors (Lipinski definition) is 4. The largest absolute Gasteiger partial charge is 0.357 e. The molecule has 7 nitrogen and oxygen atoms in total. The summed E-state index contributed by atoms with van der Waals surface area (Å²) in [5.41, 5.74) is 0. The van der Waals surface area contributed by atoms with Crippen molar-refractivity contribution in [3.8, 4) is 0 Å². The van der Waals surface area contributed by atoms with E-state index in [1.807, 2.05) is 6.92 Å². The van der Waals surface area contributed by atoms with Crippen LogP contribution in [0.2, 0.25) is 0 Å². The lowest BCUT2D eigenvalue weighted by atomic mass is 9.86. The molecular formula is C18H38IN5O2S. The van der Waals surface area contributed by atoms with E-state index in [9.17, 15) is 8.42 Å². The zero-order valence-electron chi connectivity index (χ0n) is 17.1. The zero-order valence-corrected chi connectivity index (χ0v) is 20.3. The van der Waals surface area contributed by atoms with Crippen LogP contribution in [0.1, 0.15) is 46.5 Å². The molecule has 9 heteroatoms. The van der Waals surface area contributed by atoms with E-state index in [4.69, 9.17) is 0 Å². The highest BCUT2D eigenvalue weighted by atomic mass is 127. The Bertz CT molecular complexity index is 550. The Morgan fingerprint density at radius 2 is 1.89 bits per heavy atom. The van der Waals surface area contributed by atoms with Crippen LogP contribution >= 0.6 is 24.0 Å². The van der Waals surface area contributed by atoms with Gasteiger partial charge in [0.15, 0.2) is 5.96 Å². The van der Waals surface area contributed by atoms with E-state index in [0.29, 0.717) is 25.0 Å². The summed E-state index contributed by atoms with van der Waals surface area (Å²) < 4.78 is 27.0. The van der Waals surface area contributed by atoms with Crippen LogP contribution < -0.4 is 10.0 Å². The van der Waals surface area contributed by atoms with Gasteiger partial charge in [-0.2, -0.15) is 0 Å². The summed E-state index contributed by atoms with van der Waals surface area (Å²) >= 11 is 0. The SMILES string of the molecule is CCNC(=NCCS(=O)(=O)NCC1CCC1)N1CCC(N(CC)CC)C1.I. The molecule has 0 amide bonds. The Morgan fingerprint density at radius 3 is 2.44 bits per heavy atom. The third kappa shape index (κ3) is 8.02. The van der Waals surface area contributed by atoms with E-state index in [1.165, 1.54) is 6.42 Å². The molecule has 2 rings (SSSR count). The lowest BCUT2D eigenvalue weighted by Gasteiger charge is -2.27. The highest BCUT2D eigenvalue weighted by Crippen LogP contribution is 2.25. The standard InChI is InChI=1S/C18H37N5O2S.HI/c1-4-19-18(23-12-10-17(15-23)22(5-2)6-3)20-11-13-26(24,25)21-14-16-8-7-9-16;/h16-17,21H,4-15H2,1-3H3,(H,19,20);1H. The van der Waals surface area contributed by atoms with Crippen LogP contribution in [0.3, 0.4) is 0 Å². The predicted octanol–water partition coefficient (Wildman–Crippen LogP) is 1.71. The number of hydrogen-bond donors (Lipinski definition) is 2. The van der Waals surface area contributed by atoms with E-state index in [-0.39, 0.29) is 29.7 Å². The second-order valence-electron chi connectivity index (χ2n) is 7.31. The van der Waals surface area contributed by atoms with Crippen LogP contribution in [0.25, 0.3) is 0 Å². The summed E-state index contributed by atoms with van der Waals surface area (Å²) in [4.78, 5) is 9.33. The Balaban J connectivity index is 0.00000364. The molecule has 0 aromatic rings. The van der Waals surface area contributed by atoms with Crippen molar-refractivity contribution in [3.63, 3.8) is 0 Å². The van der Waals surface area contributed by atoms with Gasteiger partial charge in [-0.1, -0.05) is 20.3 Å². The first-order valence-electron chi connectivity index (χ1n) is 10.2. The Kier molecular flexibility index (Phi) is 11.5. The van der Waals surface area contributed by atoms with Crippen molar-refractivity contribution in [3.05, 3.63) is 0 Å². The highest BCUT2D eigenvalue weighted by molar-refractivity contribution is 14.0. The summed E-state index contributed by atoms with van der Waals surface area (Å²) in [5, 5.41) is 3.32. The minimum absolute atomic E-state index is 0. The van der Waals surface area contributed by atoms with Crippen molar-refractivity contribution in [1.82, 2.24) is 19.8 Å². The lowest BCUT2D eigenvalue weighted by molar-refractivity contribution is 0.223. The number of likely N-dealkylation sites (N-methyl/N-ethyl adjacent to an activating group) is 1. The van der Waals surface area contributed by atoms with Crippen molar-refractivity contribution in [2.24, 2.45) is 10.9 Å². The predicted molar refractivity (Wildman–Crippen MR) is 123 cm³/mol. The van der Waals surface area contributed by atoms with Crippen molar-refractivity contribution in [1.29, 1.82) is 0 Å². The monoisotopic (exact) mass is 515 g/mol. The summed E-state index contributed by atoms with van der Waals surface area (Å²) in [6.45, 7) is 12.2. The molecule has 1 aliphatic heterocycles. The quantitative estimate of drug-likeness (QED) is 0.263. The van der Waals surface area contributed by atoms with E-state index in [1.54, 1.807) is 0 Å². The van der Waals surface area contributed by atoms with Gasteiger partial charge in [0.25, 0.3) is 0 Å². The number of aliphatic imine (C=N–C) groups is 1. The fourth-order valence-corrected chi connectivity index (χ4v) is 4.65. The maximum Gasteiger partial charge on any atom is 0.213 e. The Morgan fingerprint density at radius 1 is 1.19 bits per heavy atom. The van der Waals surface area contributed by atoms with Gasteiger partial charge in [0, 0.05) is 32.2 Å². The molecule has 1 heterocycles. The molecule has 0 bridgehead atoms. The van der Waals surface area contributed by atoms with E-state index < -0.39 is 10.0 Å². The highest BCUT2D eigenvalue weighted by Gasteiger charge is 2.28. The smallest absolute Gasteiger partial charge is 0.213 e. The van der Waals surface area contributed by atoms with Crippen molar-refractivity contribution >= 4 is 40.0 Å². The second kappa shape index (κ2) is 12.4. The average Bonchev–Trinajstić information content (AvgIpc) is 3.03. The maximum absolute atomic E-state index is 12.1. The van der Waals surface area contributed by atoms with E-state index in [0.717, 1.165) is 57.9 Å². The molecule has 27 heavy (non-hydrogen) atoms. The van der Waals surface area contributed by atoms with Gasteiger partial charge in [-0.15, -0.1) is 24.0 Å². The molecule has 2 fully saturated rings. The maximum atomic E-state index is 12.1. The fourth-order valence-electron chi connectivity index (χ4n) is 3.68. The van der Waals surface area contributed by atoms with Gasteiger partial charge in [0.2, 0.25) is 10.0 Å². The van der Waals surface area contributed by atoms with Crippen LogP contribution in [0.4, 0.5) is 0 Å². The van der Waals surface area contributed by atoms with Crippen molar-refractivity contribution in [2.75, 3.05) is 51.6 Å². The second-order valence-corrected chi connectivity index (χ2v) is 9.24. The normalized spacial score (nSPS) is 21.3. The van der Waals surface area contributed by atoms with Crippen LogP contribution in [0.5, 0.6) is 0 Å². The molecule has 1 atom stereocenters. The van der Waals surface area contributed by atoms with Gasteiger partial charge in [-0.3, -0.25) is 9.89 Å². The zero-order chi connectivity index (χ0) is 19.0. The molecule has 1 saturated carbocycles. The first-order chi connectivity index (χ1) is 12.5. The van der Waals surface area contributed by atoms with Gasteiger partial charge < -0.3 is 10.2 Å². The third-order valence-corrected chi connectivity index (χ3v) is 6.89. The minimum atomic E-state index is -3.23. The summed E-state index contributed by atoms with van der Waals surface area (Å²) in [6, 6.07) is 0.557. The van der Waals surface area contributed by atoms with Crippen LogP contribution in [-0.4, -0.2) is 81.8 Å². The number of sulfonamides is 1. The van der Waals surface area contributed by atoms with Gasteiger partial charge in [-0.25, -0.2) is 13.1 Å². The summed E-state index contributed by atoms with van der Waals surface area (Å²) in [5.74, 6) is 1.44. The summed E-state index contributed by atoms with van der Waals surface area (Å²) in [6.07, 6.45) is 4.65. The molecule has 1 aliphatic carbocycles. The molecule has 0 radical (unpaired) electrons. The van der Waals surface area contributed by atoms with Gasteiger partial charge in [0.05, 0.1) is 12.3 Å². The van der Waals surface area contributed by atoms with Crippen LogP contribution in [-0.2, 0) is 10.0 Å². The Hall–Kier alpha value is -0.130. The molecular weight excluding hydrogens is 477 g/mol. The number of nitrogens with zero attached hydrogens (tertiary/aromatic N) is 3. The lowest BCUT2D eigenvalue weighted by Crippen LogP contribution is -2.43. The third-order valence-electron chi connectivity index (χ3n) is 5.56. The number of nitrogens with one attached hydrogen (secondary N) is 2. The topological polar surface area (TPSA) is 77.0 Å². The van der Waals surface area contributed by atoms with Crippen LogP contribution in [0, 0.1) is 5.92 Å². The Labute approximate surface area is 182 Å². The first kappa shape index (κ1) is 24.9. The molecule has 2 aliphatic rings. The van der Waals surface area contributed by atoms with Crippen molar-refractivity contribution in [2.45, 2.75) is 52.5 Å². The average molecular weight is 516 g/mol. The minimum Gasteiger partial charge on any atom is -0.357 e. The van der Waals surface area contributed by atoms with Crippen molar-refractivity contribution < 1.29 is 8.42 Å². The molecule has 0 aromatic heterocycles. The molecule has 1 unspecified atom stereocenters. The summed E-state index contributed by atoms with van der Waals surface area (Å²) in [7, 11) is -3.23. The van der Waals surface area contributed by atoms with Gasteiger partial charge >= 0.3 is 0 Å². The van der Waals surface area contributed by atoms with E-state index >= 15 is 0 Å². The molecule has 2 N–H and O–H groups in total. The number of guanidine groups is 1. The number of rotatable bonds is 10. The molecule has 160 valence electrons. The molecule has 0 aromatic carbocycles. The first-order valence-corrected chi connectivity index (χ1v) is 11.9. The molecule has 1 saturated heterocycles. The fraction of sp³-hybridized carbons (Fsp3) is 0.944. The number of likely N-dealkylation sites (tertiary alicyclic amines) is 1. The van der Waals surface area contributed by atoms with Gasteiger partial charge in [-0.05, 0) is 45.2 Å². The van der Waals surface area contributed by atoms with Gasteiger partial charge in [0.1, 0.15) is 0 Å². The van der Waals surface area contributed by atoms with Crippen LogP contribution in [0.15, 0.2) is 4.99 Å². The van der Waals surface area contributed by atoms with E-state index in [2.05, 4.69) is 38.7 Å².